The van der Waals surface area contributed by atoms with Gasteiger partial charge in [-0.05, 0) is 42.8 Å². The Kier molecular flexibility index (Phi) is 5.09. The highest BCUT2D eigenvalue weighted by Crippen LogP contribution is 2.35. The van der Waals surface area contributed by atoms with Crippen LogP contribution in [0.4, 0.5) is 5.69 Å². The van der Waals surface area contributed by atoms with Crippen LogP contribution in [0.25, 0.3) is 0 Å². The molecule has 2 aromatic rings. The van der Waals surface area contributed by atoms with Gasteiger partial charge in [0.05, 0.1) is 25.1 Å². The van der Waals surface area contributed by atoms with Crippen LogP contribution in [0.15, 0.2) is 41.4 Å². The topological polar surface area (TPSA) is 30.8 Å². The average molecular weight is 299 g/mol. The van der Waals surface area contributed by atoms with Gasteiger partial charge >= 0.3 is 0 Å². The van der Waals surface area contributed by atoms with Crippen LogP contribution < -0.4 is 9.47 Å². The molecule has 0 saturated heterocycles. The molecule has 0 amide bonds. The molecule has 0 spiro atoms. The van der Waals surface area contributed by atoms with E-state index in [0.29, 0.717) is 11.5 Å². The van der Waals surface area contributed by atoms with Crippen molar-refractivity contribution in [1.29, 1.82) is 0 Å². The summed E-state index contributed by atoms with van der Waals surface area (Å²) >= 11 is 4.73. The first kappa shape index (κ1) is 15.2. The largest absolute Gasteiger partial charge is 0.493 e. The third-order valence-electron chi connectivity index (χ3n) is 3.27. The molecular weight excluding hydrogens is 282 g/mol. The van der Waals surface area contributed by atoms with E-state index in [9.17, 15) is 0 Å². The lowest BCUT2D eigenvalue weighted by Crippen LogP contribution is -1.95. The lowest BCUT2D eigenvalue weighted by molar-refractivity contribution is 0.355. The zero-order valence-corrected chi connectivity index (χ0v) is 13.2. The quantitative estimate of drug-likeness (QED) is 0.608. The summed E-state index contributed by atoms with van der Waals surface area (Å²) < 4.78 is 10.7. The first-order chi connectivity index (χ1) is 10.2. The van der Waals surface area contributed by atoms with Crippen LogP contribution in [0.3, 0.4) is 0 Å². The van der Waals surface area contributed by atoms with Crippen molar-refractivity contribution in [2.45, 2.75) is 13.3 Å². The molecule has 0 N–H and O–H groups in total. The van der Waals surface area contributed by atoms with Gasteiger partial charge < -0.3 is 9.47 Å². The van der Waals surface area contributed by atoms with Gasteiger partial charge in [-0.3, -0.25) is 0 Å². The van der Waals surface area contributed by atoms with Gasteiger partial charge in [0.25, 0.3) is 0 Å². The molecule has 0 bridgehead atoms. The van der Waals surface area contributed by atoms with E-state index in [1.54, 1.807) is 14.2 Å². The smallest absolute Gasteiger partial charge is 0.162 e. The van der Waals surface area contributed by atoms with Crippen molar-refractivity contribution in [2.24, 2.45) is 4.99 Å². The van der Waals surface area contributed by atoms with Crippen molar-refractivity contribution < 1.29 is 9.47 Å². The summed E-state index contributed by atoms with van der Waals surface area (Å²) in [6, 6.07) is 12.2. The zero-order chi connectivity index (χ0) is 15.2. The predicted molar refractivity (Wildman–Crippen MR) is 88.2 cm³/mol. The van der Waals surface area contributed by atoms with Gasteiger partial charge in [-0.25, -0.2) is 0 Å². The molecule has 2 rings (SSSR count). The molecule has 0 fully saturated rings. The second-order valence-corrected chi connectivity index (χ2v) is 4.88. The van der Waals surface area contributed by atoms with Gasteiger partial charge in [-0.15, -0.1) is 0 Å². The molecule has 0 aliphatic heterocycles. The highest BCUT2D eigenvalue weighted by molar-refractivity contribution is 7.78. The number of rotatable bonds is 5. The van der Waals surface area contributed by atoms with Gasteiger partial charge in [0, 0.05) is 6.07 Å². The second kappa shape index (κ2) is 7.02. The van der Waals surface area contributed by atoms with E-state index in [1.165, 1.54) is 11.1 Å². The number of aryl methyl sites for hydroxylation is 1. The van der Waals surface area contributed by atoms with Crippen LogP contribution in [-0.4, -0.2) is 19.4 Å². The Hall–Kier alpha value is -2.16. The molecule has 0 aromatic heterocycles. The number of aliphatic imine (C=N–C) groups is 1. The zero-order valence-electron chi connectivity index (χ0n) is 12.3. The van der Waals surface area contributed by atoms with Gasteiger partial charge in [0.1, 0.15) is 0 Å². The molecule has 2 aromatic carbocycles. The fraction of sp³-hybridized carbons (Fsp3) is 0.235. The number of methoxy groups -OCH3 is 2. The van der Waals surface area contributed by atoms with Crippen LogP contribution in [0.2, 0.25) is 0 Å². The van der Waals surface area contributed by atoms with Crippen molar-refractivity contribution >= 4 is 23.1 Å². The first-order valence-corrected chi connectivity index (χ1v) is 6.97. The van der Waals surface area contributed by atoms with Crippen LogP contribution in [0, 0.1) is 6.92 Å². The Balaban J connectivity index is 2.44. The third-order valence-corrected chi connectivity index (χ3v) is 3.36. The Labute approximate surface area is 130 Å². The summed E-state index contributed by atoms with van der Waals surface area (Å²) in [6.07, 6.45) is 0.747. The van der Waals surface area contributed by atoms with E-state index < -0.39 is 0 Å². The average Bonchev–Trinajstić information content (AvgIpc) is 2.50. The second-order valence-electron chi connectivity index (χ2n) is 4.70. The van der Waals surface area contributed by atoms with Crippen molar-refractivity contribution in [3.05, 3.63) is 53.1 Å². The minimum Gasteiger partial charge on any atom is -0.493 e. The van der Waals surface area contributed by atoms with Crippen LogP contribution in [0.1, 0.15) is 16.7 Å². The Morgan fingerprint density at radius 3 is 2.24 bits per heavy atom. The molecule has 21 heavy (non-hydrogen) atoms. The minimum atomic E-state index is 0.633. The number of ether oxygens (including phenoxy) is 2. The normalized spacial score (nSPS) is 9.86. The monoisotopic (exact) mass is 299 g/mol. The Morgan fingerprint density at radius 1 is 1.05 bits per heavy atom. The molecule has 4 heteroatoms. The van der Waals surface area contributed by atoms with E-state index in [2.05, 4.69) is 41.3 Å². The summed E-state index contributed by atoms with van der Waals surface area (Å²) in [6.45, 7) is 2.07. The Bertz CT molecular complexity index is 674. The molecule has 0 atom stereocenters. The van der Waals surface area contributed by atoms with Crippen LogP contribution in [0.5, 0.6) is 11.5 Å². The van der Waals surface area contributed by atoms with E-state index in [4.69, 9.17) is 21.7 Å². The molecule has 108 valence electrons. The number of nitrogens with zero attached hydrogens (tertiary/aromatic N) is 1. The molecule has 0 saturated carbocycles. The Morgan fingerprint density at radius 2 is 1.67 bits per heavy atom. The molecular formula is C17H17NO2S. The maximum Gasteiger partial charge on any atom is 0.162 e. The van der Waals surface area contributed by atoms with Crippen molar-refractivity contribution in [3.8, 4) is 11.5 Å². The van der Waals surface area contributed by atoms with E-state index in [0.717, 1.165) is 17.7 Å². The van der Waals surface area contributed by atoms with E-state index in [1.807, 2.05) is 12.1 Å². The lowest BCUT2D eigenvalue weighted by atomic mass is 10.0. The summed E-state index contributed by atoms with van der Waals surface area (Å²) in [5.41, 5.74) is 4.22. The summed E-state index contributed by atoms with van der Waals surface area (Å²) in [7, 11) is 3.22. The maximum atomic E-state index is 5.35. The summed E-state index contributed by atoms with van der Waals surface area (Å²) in [5, 5.41) is 2.42. The fourth-order valence-corrected chi connectivity index (χ4v) is 2.23. The molecule has 0 radical (unpaired) electrons. The number of benzene rings is 2. The highest BCUT2D eigenvalue weighted by atomic mass is 32.1. The molecule has 0 aliphatic carbocycles. The number of isothiocyanates is 1. The molecule has 0 unspecified atom stereocenters. The van der Waals surface area contributed by atoms with Crippen LogP contribution >= 0.6 is 12.2 Å². The lowest BCUT2D eigenvalue weighted by Gasteiger charge is -2.12. The van der Waals surface area contributed by atoms with Crippen LogP contribution in [-0.2, 0) is 6.42 Å². The molecule has 0 heterocycles. The van der Waals surface area contributed by atoms with Gasteiger partial charge in [0.2, 0.25) is 0 Å². The van der Waals surface area contributed by atoms with Gasteiger partial charge in [-0.1, -0.05) is 29.8 Å². The number of hydrogen-bond acceptors (Lipinski definition) is 4. The third kappa shape index (κ3) is 3.69. The van der Waals surface area contributed by atoms with Crippen molar-refractivity contribution in [1.82, 2.24) is 0 Å². The maximum absolute atomic E-state index is 5.35. The van der Waals surface area contributed by atoms with Crippen molar-refractivity contribution in [3.63, 3.8) is 0 Å². The first-order valence-electron chi connectivity index (χ1n) is 6.56. The van der Waals surface area contributed by atoms with E-state index in [-0.39, 0.29) is 0 Å². The predicted octanol–water partition coefficient (Wildman–Crippen LogP) is 4.34. The summed E-state index contributed by atoms with van der Waals surface area (Å²) in [4.78, 5) is 4.13. The standard InChI is InChI=1S/C17H17NO2S/c1-12-4-6-13(7-5-12)8-14-9-16(19-2)17(20-3)10-15(14)18-11-21/h4-7,9-10H,8H2,1-3H3. The minimum absolute atomic E-state index is 0.633. The van der Waals surface area contributed by atoms with Gasteiger partial charge in [-0.2, -0.15) is 4.99 Å². The van der Waals surface area contributed by atoms with Crippen molar-refractivity contribution in [2.75, 3.05) is 14.2 Å². The fourth-order valence-electron chi connectivity index (χ4n) is 2.13. The highest BCUT2D eigenvalue weighted by Gasteiger charge is 2.11. The number of hydrogen-bond donors (Lipinski definition) is 0. The molecule has 0 aliphatic rings. The number of thiocarbonyl (C=S) groups is 1. The SMILES string of the molecule is COc1cc(Cc2ccc(C)cc2)c(N=C=S)cc1OC. The van der Waals surface area contributed by atoms with E-state index >= 15 is 0 Å². The van der Waals surface area contributed by atoms with Gasteiger partial charge in [0.15, 0.2) is 11.5 Å². The summed E-state index contributed by atoms with van der Waals surface area (Å²) in [5.74, 6) is 1.32. The molecule has 3 nitrogen and oxygen atoms in total.